The first kappa shape index (κ1) is 14.0. The molecule has 2 unspecified atom stereocenters. The van der Waals surface area contributed by atoms with Crippen molar-refractivity contribution in [3.05, 3.63) is 29.8 Å². The van der Waals surface area contributed by atoms with Gasteiger partial charge in [0.25, 0.3) is 0 Å². The summed E-state index contributed by atoms with van der Waals surface area (Å²) in [6, 6.07) is 8.74. The first-order chi connectivity index (χ1) is 8.22. The van der Waals surface area contributed by atoms with E-state index in [0.717, 1.165) is 25.1 Å². The van der Waals surface area contributed by atoms with E-state index < -0.39 is 0 Å². The summed E-state index contributed by atoms with van der Waals surface area (Å²) in [5.74, 6) is 1.02. The summed E-state index contributed by atoms with van der Waals surface area (Å²) in [6.45, 7) is 9.59. The van der Waals surface area contributed by atoms with E-state index in [1.807, 2.05) is 6.07 Å². The molecule has 0 aliphatic heterocycles. The molecule has 17 heavy (non-hydrogen) atoms. The number of rotatable bonds is 7. The number of benzene rings is 1. The zero-order chi connectivity index (χ0) is 12.7. The van der Waals surface area contributed by atoms with E-state index in [1.165, 1.54) is 5.56 Å². The smallest absolute Gasteiger partial charge is 0.124 e. The van der Waals surface area contributed by atoms with Crippen LogP contribution in [-0.2, 0) is 0 Å². The molecule has 0 spiro atoms. The largest absolute Gasteiger partial charge is 0.490 e. The summed E-state index contributed by atoms with van der Waals surface area (Å²) in [6.07, 6.45) is 2.39. The van der Waals surface area contributed by atoms with Crippen molar-refractivity contribution in [3.8, 4) is 5.75 Å². The second kappa shape index (κ2) is 7.33. The molecule has 0 aromatic heterocycles. The maximum atomic E-state index is 5.98. The highest BCUT2D eigenvalue weighted by atomic mass is 16.5. The lowest BCUT2D eigenvalue weighted by Crippen LogP contribution is -2.21. The van der Waals surface area contributed by atoms with Gasteiger partial charge in [0.1, 0.15) is 5.75 Å². The molecule has 1 N–H and O–H groups in total. The number of hydrogen-bond acceptors (Lipinski definition) is 2. The monoisotopic (exact) mass is 235 g/mol. The Morgan fingerprint density at radius 2 is 1.82 bits per heavy atom. The van der Waals surface area contributed by atoms with Crippen LogP contribution in [0.3, 0.4) is 0 Å². The molecule has 0 saturated carbocycles. The van der Waals surface area contributed by atoms with Crippen molar-refractivity contribution in [2.45, 2.75) is 52.7 Å². The molecule has 2 atom stereocenters. The molecule has 0 bridgehead atoms. The number of nitrogens with one attached hydrogen (secondary N) is 1. The second-order valence-electron chi connectivity index (χ2n) is 4.39. The summed E-state index contributed by atoms with van der Waals surface area (Å²) in [5, 5.41) is 3.50. The highest BCUT2D eigenvalue weighted by Crippen LogP contribution is 2.28. The Morgan fingerprint density at radius 3 is 2.41 bits per heavy atom. The molecular formula is C15H25NO. The molecule has 96 valence electrons. The van der Waals surface area contributed by atoms with Crippen molar-refractivity contribution >= 4 is 0 Å². The van der Waals surface area contributed by atoms with Crippen LogP contribution in [0.4, 0.5) is 0 Å². The van der Waals surface area contributed by atoms with E-state index in [0.29, 0.717) is 6.04 Å². The molecule has 0 saturated heterocycles. The minimum absolute atomic E-state index is 0.273. The van der Waals surface area contributed by atoms with Gasteiger partial charge in [0.15, 0.2) is 0 Å². The third kappa shape index (κ3) is 4.04. The van der Waals surface area contributed by atoms with E-state index in [1.54, 1.807) is 0 Å². The zero-order valence-electron chi connectivity index (χ0n) is 11.5. The summed E-state index contributed by atoms with van der Waals surface area (Å²) < 4.78 is 5.98. The molecule has 0 heterocycles. The van der Waals surface area contributed by atoms with Gasteiger partial charge in [-0.1, -0.05) is 39.0 Å². The predicted octanol–water partition coefficient (Wildman–Crippen LogP) is 3.92. The van der Waals surface area contributed by atoms with Gasteiger partial charge in [-0.2, -0.15) is 0 Å². The van der Waals surface area contributed by atoms with Crippen molar-refractivity contribution in [3.63, 3.8) is 0 Å². The van der Waals surface area contributed by atoms with Crippen LogP contribution < -0.4 is 10.1 Å². The van der Waals surface area contributed by atoms with Gasteiger partial charge >= 0.3 is 0 Å². The Kier molecular flexibility index (Phi) is 6.06. The summed E-state index contributed by atoms with van der Waals surface area (Å²) in [7, 11) is 0. The zero-order valence-corrected chi connectivity index (χ0v) is 11.5. The fraction of sp³-hybridized carbons (Fsp3) is 0.600. The molecule has 2 nitrogen and oxygen atoms in total. The average Bonchev–Trinajstić information content (AvgIpc) is 2.36. The lowest BCUT2D eigenvalue weighted by atomic mass is 10.0. The van der Waals surface area contributed by atoms with Crippen LogP contribution in [0.15, 0.2) is 24.3 Å². The lowest BCUT2D eigenvalue weighted by Gasteiger charge is -2.22. The molecule has 0 fully saturated rings. The molecule has 1 aromatic rings. The lowest BCUT2D eigenvalue weighted by molar-refractivity contribution is 0.213. The predicted molar refractivity (Wildman–Crippen MR) is 73.5 cm³/mol. The first-order valence-electron chi connectivity index (χ1n) is 6.71. The van der Waals surface area contributed by atoms with Crippen LogP contribution in [0.25, 0.3) is 0 Å². The number of ether oxygens (including phenoxy) is 1. The van der Waals surface area contributed by atoms with Gasteiger partial charge in [0.2, 0.25) is 0 Å². The van der Waals surface area contributed by atoms with Crippen molar-refractivity contribution < 1.29 is 4.74 Å². The topological polar surface area (TPSA) is 21.3 Å². The third-order valence-corrected chi connectivity index (χ3v) is 3.06. The number of para-hydroxylation sites is 1. The van der Waals surface area contributed by atoms with Gasteiger partial charge in [-0.05, 0) is 32.4 Å². The summed E-state index contributed by atoms with van der Waals surface area (Å²) in [4.78, 5) is 0. The van der Waals surface area contributed by atoms with Crippen LogP contribution in [0.1, 0.15) is 52.1 Å². The molecule has 1 rings (SSSR count). The molecule has 0 amide bonds. The SMILES string of the molecule is CCNC(CC)c1ccccc1OC(C)CC. The third-order valence-electron chi connectivity index (χ3n) is 3.06. The molecule has 0 radical (unpaired) electrons. The normalized spacial score (nSPS) is 14.4. The van der Waals surface area contributed by atoms with Crippen molar-refractivity contribution in [2.24, 2.45) is 0 Å². The van der Waals surface area contributed by atoms with Gasteiger partial charge < -0.3 is 10.1 Å². The Bertz CT molecular complexity index is 324. The van der Waals surface area contributed by atoms with E-state index in [2.05, 4.69) is 51.2 Å². The molecule has 1 aromatic carbocycles. The molecular weight excluding hydrogens is 210 g/mol. The van der Waals surface area contributed by atoms with Gasteiger partial charge in [-0.15, -0.1) is 0 Å². The summed E-state index contributed by atoms with van der Waals surface area (Å²) in [5.41, 5.74) is 1.28. The standard InChI is InChI=1S/C15H25NO/c1-5-12(4)17-15-11-9-8-10-13(15)14(6-2)16-7-3/h8-12,14,16H,5-7H2,1-4H3. The van der Waals surface area contributed by atoms with Crippen molar-refractivity contribution in [2.75, 3.05) is 6.54 Å². The van der Waals surface area contributed by atoms with Crippen LogP contribution in [0, 0.1) is 0 Å². The van der Waals surface area contributed by atoms with Crippen molar-refractivity contribution in [1.82, 2.24) is 5.32 Å². The van der Waals surface area contributed by atoms with Crippen molar-refractivity contribution in [1.29, 1.82) is 0 Å². The Labute approximate surface area is 105 Å². The fourth-order valence-corrected chi connectivity index (χ4v) is 1.90. The van der Waals surface area contributed by atoms with E-state index >= 15 is 0 Å². The van der Waals surface area contributed by atoms with Gasteiger partial charge in [0, 0.05) is 11.6 Å². The van der Waals surface area contributed by atoms with Crippen LogP contribution in [-0.4, -0.2) is 12.6 Å². The number of hydrogen-bond donors (Lipinski definition) is 1. The minimum Gasteiger partial charge on any atom is -0.490 e. The second-order valence-corrected chi connectivity index (χ2v) is 4.39. The quantitative estimate of drug-likeness (QED) is 0.773. The van der Waals surface area contributed by atoms with Crippen LogP contribution in [0.2, 0.25) is 0 Å². The highest BCUT2D eigenvalue weighted by molar-refractivity contribution is 5.36. The maximum Gasteiger partial charge on any atom is 0.124 e. The van der Waals surface area contributed by atoms with Crippen LogP contribution in [0.5, 0.6) is 5.75 Å². The highest BCUT2D eigenvalue weighted by Gasteiger charge is 2.14. The molecule has 0 aliphatic carbocycles. The van der Waals surface area contributed by atoms with Gasteiger partial charge in [-0.25, -0.2) is 0 Å². The minimum atomic E-state index is 0.273. The van der Waals surface area contributed by atoms with Crippen LogP contribution >= 0.6 is 0 Å². The molecule has 2 heteroatoms. The first-order valence-corrected chi connectivity index (χ1v) is 6.71. The van der Waals surface area contributed by atoms with E-state index in [9.17, 15) is 0 Å². The van der Waals surface area contributed by atoms with E-state index in [4.69, 9.17) is 4.74 Å². The Morgan fingerprint density at radius 1 is 1.12 bits per heavy atom. The Hall–Kier alpha value is -1.02. The average molecular weight is 235 g/mol. The fourth-order valence-electron chi connectivity index (χ4n) is 1.90. The van der Waals surface area contributed by atoms with Gasteiger partial charge in [-0.3, -0.25) is 0 Å². The van der Waals surface area contributed by atoms with Gasteiger partial charge in [0.05, 0.1) is 6.10 Å². The molecule has 0 aliphatic rings. The Balaban J connectivity index is 2.89. The maximum absolute atomic E-state index is 5.98. The summed E-state index contributed by atoms with van der Waals surface area (Å²) >= 11 is 0. The van der Waals surface area contributed by atoms with E-state index in [-0.39, 0.29) is 6.10 Å².